The van der Waals surface area contributed by atoms with Crippen LogP contribution in [0.2, 0.25) is 5.02 Å². The molecule has 0 radical (unpaired) electrons. The first kappa shape index (κ1) is 15.8. The van der Waals surface area contributed by atoms with Gasteiger partial charge in [0.05, 0.1) is 16.8 Å². The average molecular weight is 284 g/mol. The molecule has 0 heterocycles. The molecular weight excluding hydrogens is 262 g/mol. The molecule has 4 N–H and O–H groups in total. The van der Waals surface area contributed by atoms with Crippen molar-refractivity contribution in [2.75, 3.05) is 17.2 Å². The van der Waals surface area contributed by atoms with Crippen molar-refractivity contribution in [3.05, 3.63) is 23.2 Å². The summed E-state index contributed by atoms with van der Waals surface area (Å²) >= 11 is 6.17. The largest absolute Gasteiger partial charge is 0.399 e. The summed E-state index contributed by atoms with van der Waals surface area (Å²) in [7, 11) is 0. The summed E-state index contributed by atoms with van der Waals surface area (Å²) in [6, 6.07) is 4.68. The summed E-state index contributed by atoms with van der Waals surface area (Å²) in [6.07, 6.45) is 2.39. The van der Waals surface area contributed by atoms with Gasteiger partial charge in [-0.1, -0.05) is 31.9 Å². The van der Waals surface area contributed by atoms with Crippen LogP contribution >= 0.6 is 11.6 Å². The van der Waals surface area contributed by atoms with Crippen molar-refractivity contribution < 1.29 is 4.79 Å². The zero-order valence-electron chi connectivity index (χ0n) is 11.5. The number of amides is 1. The number of anilines is 2. The Morgan fingerprint density at radius 2 is 2.05 bits per heavy atom. The summed E-state index contributed by atoms with van der Waals surface area (Å²) in [5.74, 6) is -0.0876. The second-order valence-corrected chi connectivity index (χ2v) is 5.00. The molecule has 1 rings (SSSR count). The fourth-order valence-corrected chi connectivity index (χ4v) is 2.24. The Morgan fingerprint density at radius 3 is 2.58 bits per heavy atom. The predicted molar refractivity (Wildman–Crippen MR) is 81.4 cm³/mol. The predicted octanol–water partition coefficient (Wildman–Crippen LogP) is 2.79. The van der Waals surface area contributed by atoms with Gasteiger partial charge in [0.1, 0.15) is 0 Å². The molecule has 0 spiro atoms. The molecule has 19 heavy (non-hydrogen) atoms. The van der Waals surface area contributed by atoms with E-state index in [4.69, 9.17) is 23.1 Å². The lowest BCUT2D eigenvalue weighted by atomic mass is 10.1. The molecule has 1 atom stereocenters. The van der Waals surface area contributed by atoms with E-state index < -0.39 is 6.04 Å². The third-order valence-electron chi connectivity index (χ3n) is 2.89. The van der Waals surface area contributed by atoms with E-state index in [0.29, 0.717) is 29.4 Å². The molecule has 0 aliphatic rings. The Kier molecular flexibility index (Phi) is 6.12. The molecular formula is C14H22ClN3O. The molecule has 0 aliphatic carbocycles. The zero-order chi connectivity index (χ0) is 14.4. The first-order chi connectivity index (χ1) is 9.01. The number of carbonyl (C=O) groups is 1. The van der Waals surface area contributed by atoms with Gasteiger partial charge in [-0.05, 0) is 31.0 Å². The van der Waals surface area contributed by atoms with Crippen LogP contribution in [0.25, 0.3) is 0 Å². The summed E-state index contributed by atoms with van der Waals surface area (Å²) in [5, 5.41) is 0.477. The zero-order valence-corrected chi connectivity index (χ0v) is 12.3. The minimum atomic E-state index is -0.481. The Morgan fingerprint density at radius 1 is 1.37 bits per heavy atom. The lowest BCUT2D eigenvalue weighted by molar-refractivity contribution is -0.120. The molecule has 4 nitrogen and oxygen atoms in total. The van der Waals surface area contributed by atoms with Crippen LogP contribution in [0, 0.1) is 0 Å². The molecule has 106 valence electrons. The smallest absolute Gasteiger partial charge is 0.243 e. The highest BCUT2D eigenvalue weighted by atomic mass is 35.5. The number of nitrogens with zero attached hydrogens (tertiary/aromatic N) is 1. The third-order valence-corrected chi connectivity index (χ3v) is 3.20. The molecule has 0 fully saturated rings. The lowest BCUT2D eigenvalue weighted by Gasteiger charge is -2.26. The van der Waals surface area contributed by atoms with Crippen molar-refractivity contribution in [1.82, 2.24) is 0 Å². The minimum absolute atomic E-state index is 0.0876. The van der Waals surface area contributed by atoms with E-state index in [1.54, 1.807) is 23.1 Å². The summed E-state index contributed by atoms with van der Waals surface area (Å²) in [6.45, 7) is 4.62. The van der Waals surface area contributed by atoms with Crippen LogP contribution in [-0.4, -0.2) is 18.5 Å². The maximum atomic E-state index is 12.4. The van der Waals surface area contributed by atoms with Crippen molar-refractivity contribution in [3.63, 3.8) is 0 Å². The van der Waals surface area contributed by atoms with Gasteiger partial charge in [0.2, 0.25) is 5.91 Å². The number of hydrogen-bond acceptors (Lipinski definition) is 3. The minimum Gasteiger partial charge on any atom is -0.399 e. The van der Waals surface area contributed by atoms with Gasteiger partial charge in [0.25, 0.3) is 0 Å². The molecule has 1 aromatic rings. The molecule has 0 aliphatic heterocycles. The average Bonchev–Trinajstić information content (AvgIpc) is 2.36. The van der Waals surface area contributed by atoms with Gasteiger partial charge in [0, 0.05) is 12.2 Å². The Bertz CT molecular complexity index is 437. The lowest BCUT2D eigenvalue weighted by Crippen LogP contribution is -2.44. The highest BCUT2D eigenvalue weighted by Crippen LogP contribution is 2.28. The number of rotatable bonds is 6. The van der Waals surface area contributed by atoms with Crippen molar-refractivity contribution in [1.29, 1.82) is 0 Å². The topological polar surface area (TPSA) is 72.4 Å². The molecule has 1 amide bonds. The molecule has 0 saturated heterocycles. The Labute approximate surface area is 119 Å². The van der Waals surface area contributed by atoms with Gasteiger partial charge in [-0.2, -0.15) is 0 Å². The van der Waals surface area contributed by atoms with E-state index >= 15 is 0 Å². The second-order valence-electron chi connectivity index (χ2n) is 4.60. The van der Waals surface area contributed by atoms with Gasteiger partial charge in [-0.25, -0.2) is 0 Å². The van der Waals surface area contributed by atoms with Crippen LogP contribution in [0.4, 0.5) is 11.4 Å². The second kappa shape index (κ2) is 7.36. The van der Waals surface area contributed by atoms with E-state index in [-0.39, 0.29) is 5.91 Å². The fourth-order valence-electron chi connectivity index (χ4n) is 1.95. The summed E-state index contributed by atoms with van der Waals surface area (Å²) in [5.41, 5.74) is 12.8. The maximum Gasteiger partial charge on any atom is 0.243 e. The highest BCUT2D eigenvalue weighted by Gasteiger charge is 2.22. The standard InChI is InChI=1S/C14H22ClN3O/c1-3-5-12(17)14(19)18(8-4-2)13-7-6-10(16)9-11(13)15/h6-7,9,12H,3-5,8,16-17H2,1-2H3. The normalized spacial score (nSPS) is 12.2. The number of benzene rings is 1. The van der Waals surface area contributed by atoms with Gasteiger partial charge in [-0.15, -0.1) is 0 Å². The van der Waals surface area contributed by atoms with Crippen molar-refractivity contribution in [2.24, 2.45) is 5.73 Å². The Balaban J connectivity index is 3.02. The summed E-state index contributed by atoms with van der Waals surface area (Å²) < 4.78 is 0. The van der Waals surface area contributed by atoms with Crippen molar-refractivity contribution in [2.45, 2.75) is 39.2 Å². The van der Waals surface area contributed by atoms with Crippen LogP contribution in [-0.2, 0) is 4.79 Å². The van der Waals surface area contributed by atoms with Crippen LogP contribution in [0.15, 0.2) is 18.2 Å². The van der Waals surface area contributed by atoms with Gasteiger partial charge in [0.15, 0.2) is 0 Å². The SMILES string of the molecule is CCCC(N)C(=O)N(CCC)c1ccc(N)cc1Cl. The first-order valence-electron chi connectivity index (χ1n) is 6.63. The van der Waals surface area contributed by atoms with Crippen LogP contribution in [0.3, 0.4) is 0 Å². The van der Waals surface area contributed by atoms with Crippen LogP contribution in [0.5, 0.6) is 0 Å². The highest BCUT2D eigenvalue weighted by molar-refractivity contribution is 6.34. The van der Waals surface area contributed by atoms with Gasteiger partial charge in [-0.3, -0.25) is 4.79 Å². The molecule has 0 aromatic heterocycles. The number of nitrogens with two attached hydrogens (primary N) is 2. The van der Waals surface area contributed by atoms with Crippen molar-refractivity contribution >= 4 is 28.9 Å². The molecule has 0 bridgehead atoms. The third kappa shape index (κ3) is 4.11. The Hall–Kier alpha value is -1.26. The van der Waals surface area contributed by atoms with E-state index in [9.17, 15) is 4.79 Å². The molecule has 1 aromatic carbocycles. The summed E-state index contributed by atoms with van der Waals surface area (Å²) in [4.78, 5) is 14.0. The number of hydrogen-bond donors (Lipinski definition) is 2. The number of nitrogen functional groups attached to an aromatic ring is 1. The van der Waals surface area contributed by atoms with Crippen molar-refractivity contribution in [3.8, 4) is 0 Å². The molecule has 1 unspecified atom stereocenters. The van der Waals surface area contributed by atoms with E-state index in [1.165, 1.54) is 0 Å². The quantitative estimate of drug-likeness (QED) is 0.789. The van der Waals surface area contributed by atoms with Gasteiger partial charge < -0.3 is 16.4 Å². The fraction of sp³-hybridized carbons (Fsp3) is 0.500. The first-order valence-corrected chi connectivity index (χ1v) is 7.01. The van der Waals surface area contributed by atoms with Crippen LogP contribution in [0.1, 0.15) is 33.1 Å². The van der Waals surface area contributed by atoms with Gasteiger partial charge >= 0.3 is 0 Å². The molecule has 0 saturated carbocycles. The van der Waals surface area contributed by atoms with E-state index in [2.05, 4.69) is 0 Å². The van der Waals surface area contributed by atoms with E-state index in [0.717, 1.165) is 12.8 Å². The number of halogens is 1. The maximum absolute atomic E-state index is 12.4. The monoisotopic (exact) mass is 283 g/mol. The number of carbonyl (C=O) groups excluding carboxylic acids is 1. The van der Waals surface area contributed by atoms with Crippen LogP contribution < -0.4 is 16.4 Å². The van der Waals surface area contributed by atoms with E-state index in [1.807, 2.05) is 13.8 Å². The molecule has 5 heteroatoms.